The number of nitro benzene ring substituents is 1. The summed E-state index contributed by atoms with van der Waals surface area (Å²) in [4.78, 5) is 22.2. The van der Waals surface area contributed by atoms with Gasteiger partial charge in [0.25, 0.3) is 11.6 Å². The third kappa shape index (κ3) is 4.76. The van der Waals surface area contributed by atoms with Crippen LogP contribution in [0.4, 0.5) is 21.5 Å². The zero-order valence-electron chi connectivity index (χ0n) is 12.5. The molecule has 0 aliphatic carbocycles. The molecule has 2 rings (SSSR count). The van der Waals surface area contributed by atoms with Crippen LogP contribution in [0.1, 0.15) is 0 Å². The fourth-order valence-electron chi connectivity index (χ4n) is 1.79. The van der Waals surface area contributed by atoms with E-state index in [1.165, 1.54) is 36.4 Å². The molecule has 7 nitrogen and oxygen atoms in total. The molecule has 0 unspecified atom stereocenters. The number of carbonyl (C=O) groups is 1. The normalized spacial score (nSPS) is 10.7. The van der Waals surface area contributed by atoms with Gasteiger partial charge in [-0.15, -0.1) is 0 Å². The summed E-state index contributed by atoms with van der Waals surface area (Å²) >= 11 is 5.64. The number of anilines is 2. The van der Waals surface area contributed by atoms with E-state index in [0.29, 0.717) is 5.69 Å². The number of hydrogen-bond acceptors (Lipinski definition) is 5. The Morgan fingerprint density at radius 2 is 2.04 bits per heavy atom. The van der Waals surface area contributed by atoms with Crippen molar-refractivity contribution in [2.75, 3.05) is 10.6 Å². The van der Waals surface area contributed by atoms with E-state index in [1.807, 2.05) is 0 Å². The van der Waals surface area contributed by atoms with Gasteiger partial charge in [0.1, 0.15) is 17.5 Å². The second-order valence-corrected chi connectivity index (χ2v) is 5.11. The van der Waals surface area contributed by atoms with Crippen LogP contribution in [0.15, 0.2) is 54.2 Å². The predicted octanol–water partition coefficient (Wildman–Crippen LogP) is 3.85. The lowest BCUT2D eigenvalue weighted by Crippen LogP contribution is -2.14. The van der Waals surface area contributed by atoms with E-state index in [1.54, 1.807) is 6.07 Å². The molecule has 0 atom stereocenters. The highest BCUT2D eigenvalue weighted by Crippen LogP contribution is 2.20. The van der Waals surface area contributed by atoms with E-state index in [2.05, 4.69) is 10.6 Å². The van der Waals surface area contributed by atoms with Gasteiger partial charge in [-0.3, -0.25) is 14.9 Å². The first kappa shape index (κ1) is 17.9. The standard InChI is InChI=1S/C16H10ClFN4O3/c17-14-7-11(4-5-15(14)18)20-9-10(8-19)16(23)21-12-2-1-3-13(6-12)22(24)25/h1-7,9,20H,(H,21,23)/b10-9-. The lowest BCUT2D eigenvalue weighted by Gasteiger charge is -2.05. The fourth-order valence-corrected chi connectivity index (χ4v) is 1.97. The maximum atomic E-state index is 13.1. The molecule has 9 heteroatoms. The molecule has 0 heterocycles. The summed E-state index contributed by atoms with van der Waals surface area (Å²) in [6.45, 7) is 0. The van der Waals surface area contributed by atoms with Crippen LogP contribution in [-0.2, 0) is 4.79 Å². The van der Waals surface area contributed by atoms with E-state index >= 15 is 0 Å². The van der Waals surface area contributed by atoms with Crippen LogP contribution in [0.5, 0.6) is 0 Å². The molecular weight excluding hydrogens is 351 g/mol. The highest BCUT2D eigenvalue weighted by Gasteiger charge is 2.12. The average Bonchev–Trinajstić information content (AvgIpc) is 2.58. The van der Waals surface area contributed by atoms with Gasteiger partial charge < -0.3 is 10.6 Å². The molecule has 0 spiro atoms. The van der Waals surface area contributed by atoms with Crippen LogP contribution in [0, 0.1) is 27.3 Å². The van der Waals surface area contributed by atoms with Crippen molar-refractivity contribution in [3.8, 4) is 6.07 Å². The van der Waals surface area contributed by atoms with Gasteiger partial charge in [-0.2, -0.15) is 5.26 Å². The maximum absolute atomic E-state index is 13.1. The molecule has 25 heavy (non-hydrogen) atoms. The smallest absolute Gasteiger partial charge is 0.271 e. The van der Waals surface area contributed by atoms with Crippen molar-refractivity contribution in [1.29, 1.82) is 5.26 Å². The number of hydrogen-bond donors (Lipinski definition) is 2. The monoisotopic (exact) mass is 360 g/mol. The second kappa shape index (κ2) is 7.90. The molecular formula is C16H10ClFN4O3. The molecule has 2 N–H and O–H groups in total. The van der Waals surface area contributed by atoms with Gasteiger partial charge in [0.2, 0.25) is 0 Å². The van der Waals surface area contributed by atoms with E-state index in [0.717, 1.165) is 12.3 Å². The van der Waals surface area contributed by atoms with Crippen molar-refractivity contribution in [1.82, 2.24) is 0 Å². The highest BCUT2D eigenvalue weighted by atomic mass is 35.5. The number of nitriles is 1. The first-order valence-electron chi connectivity index (χ1n) is 6.78. The van der Waals surface area contributed by atoms with Gasteiger partial charge in [-0.25, -0.2) is 4.39 Å². The number of nitrogens with zero attached hydrogens (tertiary/aromatic N) is 2. The third-order valence-electron chi connectivity index (χ3n) is 2.98. The van der Waals surface area contributed by atoms with Crippen LogP contribution in [0.25, 0.3) is 0 Å². The molecule has 0 saturated heterocycles. The van der Waals surface area contributed by atoms with Crippen LogP contribution in [-0.4, -0.2) is 10.8 Å². The number of rotatable bonds is 5. The minimum atomic E-state index is -0.760. The molecule has 0 saturated carbocycles. The van der Waals surface area contributed by atoms with Crippen LogP contribution >= 0.6 is 11.6 Å². The van der Waals surface area contributed by atoms with Crippen molar-refractivity contribution in [2.24, 2.45) is 0 Å². The average molecular weight is 361 g/mol. The summed E-state index contributed by atoms with van der Waals surface area (Å²) in [5.41, 5.74) is 0.0683. The summed E-state index contributed by atoms with van der Waals surface area (Å²) in [7, 11) is 0. The second-order valence-electron chi connectivity index (χ2n) is 4.70. The SMILES string of the molecule is N#C/C(=C/Nc1ccc(F)c(Cl)c1)C(=O)Nc1cccc([N+](=O)[O-])c1. The van der Waals surface area contributed by atoms with Crippen molar-refractivity contribution < 1.29 is 14.1 Å². The molecule has 0 bridgehead atoms. The molecule has 0 fully saturated rings. The molecule has 126 valence electrons. The van der Waals surface area contributed by atoms with E-state index in [9.17, 15) is 19.3 Å². The van der Waals surface area contributed by atoms with Gasteiger partial charge in [-0.05, 0) is 24.3 Å². The maximum Gasteiger partial charge on any atom is 0.271 e. The zero-order valence-corrected chi connectivity index (χ0v) is 13.2. The quantitative estimate of drug-likeness (QED) is 0.364. The molecule has 2 aromatic rings. The summed E-state index contributed by atoms with van der Waals surface area (Å²) in [5, 5.41) is 24.7. The lowest BCUT2D eigenvalue weighted by atomic mass is 10.2. The number of nitrogens with one attached hydrogen (secondary N) is 2. The van der Waals surface area contributed by atoms with Crippen LogP contribution < -0.4 is 10.6 Å². The highest BCUT2D eigenvalue weighted by molar-refractivity contribution is 6.31. The molecule has 0 radical (unpaired) electrons. The Morgan fingerprint density at radius 1 is 1.28 bits per heavy atom. The molecule has 0 aromatic heterocycles. The number of nitro groups is 1. The van der Waals surface area contributed by atoms with Gasteiger partial charge in [0, 0.05) is 29.7 Å². The Hall–Kier alpha value is -3.44. The van der Waals surface area contributed by atoms with Crippen LogP contribution in [0.3, 0.4) is 0 Å². The van der Waals surface area contributed by atoms with Crippen LogP contribution in [0.2, 0.25) is 5.02 Å². The third-order valence-corrected chi connectivity index (χ3v) is 3.27. The van der Waals surface area contributed by atoms with Crippen molar-refractivity contribution in [3.05, 3.63) is 75.2 Å². The van der Waals surface area contributed by atoms with Crippen molar-refractivity contribution in [3.63, 3.8) is 0 Å². The number of non-ortho nitro benzene ring substituents is 1. The minimum absolute atomic E-state index is 0.113. The summed E-state index contributed by atoms with van der Waals surface area (Å²) in [6, 6.07) is 10.8. The van der Waals surface area contributed by atoms with E-state index < -0.39 is 16.6 Å². The lowest BCUT2D eigenvalue weighted by molar-refractivity contribution is -0.384. The summed E-state index contributed by atoms with van der Waals surface area (Å²) in [5.74, 6) is -1.36. The number of benzene rings is 2. The number of halogens is 2. The summed E-state index contributed by atoms with van der Waals surface area (Å²) in [6.07, 6.45) is 1.12. The van der Waals surface area contributed by atoms with E-state index in [4.69, 9.17) is 16.9 Å². The van der Waals surface area contributed by atoms with Crippen molar-refractivity contribution >= 4 is 34.6 Å². The zero-order chi connectivity index (χ0) is 18.4. The molecule has 0 aliphatic heterocycles. The van der Waals surface area contributed by atoms with Crippen molar-refractivity contribution in [2.45, 2.75) is 0 Å². The molecule has 2 aromatic carbocycles. The van der Waals surface area contributed by atoms with Gasteiger partial charge >= 0.3 is 0 Å². The first-order valence-corrected chi connectivity index (χ1v) is 7.16. The Morgan fingerprint density at radius 3 is 2.68 bits per heavy atom. The number of amides is 1. The largest absolute Gasteiger partial charge is 0.360 e. The van der Waals surface area contributed by atoms with Gasteiger partial charge in [0.05, 0.1) is 9.95 Å². The fraction of sp³-hybridized carbons (Fsp3) is 0. The van der Waals surface area contributed by atoms with Gasteiger partial charge in [-0.1, -0.05) is 17.7 Å². The number of carbonyl (C=O) groups excluding carboxylic acids is 1. The Balaban J connectivity index is 2.12. The van der Waals surface area contributed by atoms with Gasteiger partial charge in [0.15, 0.2) is 0 Å². The molecule has 1 amide bonds. The topological polar surface area (TPSA) is 108 Å². The first-order chi connectivity index (χ1) is 11.9. The Kier molecular flexibility index (Phi) is 5.66. The Labute approximate surface area is 146 Å². The Bertz CT molecular complexity index is 908. The minimum Gasteiger partial charge on any atom is -0.360 e. The molecule has 0 aliphatic rings. The van der Waals surface area contributed by atoms with E-state index in [-0.39, 0.29) is 22.0 Å². The predicted molar refractivity (Wildman–Crippen MR) is 90.5 cm³/mol. The summed E-state index contributed by atoms with van der Waals surface area (Å²) < 4.78 is 13.1.